The van der Waals surface area contributed by atoms with Gasteiger partial charge in [0.25, 0.3) is 0 Å². The summed E-state index contributed by atoms with van der Waals surface area (Å²) in [7, 11) is -0.604. The van der Waals surface area contributed by atoms with Gasteiger partial charge in [-0.1, -0.05) is 91.0 Å². The van der Waals surface area contributed by atoms with Crippen molar-refractivity contribution in [3.8, 4) is 17.2 Å². The van der Waals surface area contributed by atoms with Crippen molar-refractivity contribution in [1.82, 2.24) is 4.17 Å². The molecule has 0 bridgehead atoms. The summed E-state index contributed by atoms with van der Waals surface area (Å²) in [4.78, 5) is 0. The highest BCUT2D eigenvalue weighted by Gasteiger charge is 2.48. The van der Waals surface area contributed by atoms with E-state index in [1.165, 1.54) is 0 Å². The highest BCUT2D eigenvalue weighted by atomic mass is 31.2. The molecular weight excluding hydrogens is 592 g/mol. The van der Waals surface area contributed by atoms with E-state index < -0.39 is 14.1 Å². The summed E-state index contributed by atoms with van der Waals surface area (Å²) in [6.07, 6.45) is 0. The molecule has 0 fully saturated rings. The first-order valence-corrected chi connectivity index (χ1v) is 18.3. The lowest BCUT2D eigenvalue weighted by atomic mass is 10.3. The Morgan fingerprint density at radius 1 is 0.333 bits per heavy atom. The summed E-state index contributed by atoms with van der Waals surface area (Å²) in [5.41, 5.74) is 0. The molecule has 0 unspecified atom stereocenters. The van der Waals surface area contributed by atoms with Gasteiger partial charge in [0, 0.05) is 0 Å². The lowest BCUT2D eigenvalue weighted by Gasteiger charge is -2.23. The van der Waals surface area contributed by atoms with E-state index in [-0.39, 0.29) is 0 Å². The van der Waals surface area contributed by atoms with Gasteiger partial charge in [-0.2, -0.15) is 0 Å². The minimum atomic E-state index is -3.03. The quantitative estimate of drug-likeness (QED) is 0.137. The van der Waals surface area contributed by atoms with Gasteiger partial charge in [-0.25, -0.2) is 0 Å². The van der Waals surface area contributed by atoms with Crippen molar-refractivity contribution < 1.29 is 14.2 Å². The second kappa shape index (κ2) is 13.5. The van der Waals surface area contributed by atoms with Crippen LogP contribution in [-0.4, -0.2) is 21.3 Å². The highest BCUT2D eigenvalue weighted by molar-refractivity contribution is 7.94. The minimum Gasteiger partial charge on any atom is -0.496 e. The minimum absolute atomic E-state index is 0.763. The Hall–Kier alpha value is -4.71. The molecule has 0 heterocycles. The van der Waals surface area contributed by atoms with E-state index in [0.717, 1.165) is 49.1 Å². The van der Waals surface area contributed by atoms with Gasteiger partial charge in [-0.05, 0) is 72.8 Å². The first kappa shape index (κ1) is 30.3. The third-order valence-electron chi connectivity index (χ3n) is 7.96. The number of nitrogens with zero attached hydrogens (tertiary/aromatic N) is 1. The molecule has 224 valence electrons. The summed E-state index contributed by atoms with van der Waals surface area (Å²) in [5, 5.41) is 6.46. The molecule has 0 amide bonds. The van der Waals surface area contributed by atoms with Crippen molar-refractivity contribution >= 4 is 45.9 Å². The van der Waals surface area contributed by atoms with Crippen molar-refractivity contribution in [3.05, 3.63) is 164 Å². The molecule has 0 saturated carbocycles. The van der Waals surface area contributed by atoms with Crippen molar-refractivity contribution in [2.75, 3.05) is 21.3 Å². The van der Waals surface area contributed by atoms with E-state index in [1.807, 2.05) is 36.4 Å². The third kappa shape index (κ3) is 5.43. The molecule has 6 aromatic carbocycles. The number of benzene rings is 6. The van der Waals surface area contributed by atoms with Gasteiger partial charge in [-0.3, -0.25) is 0 Å². The maximum absolute atomic E-state index is 6.47. The zero-order chi connectivity index (χ0) is 31.1. The van der Waals surface area contributed by atoms with Crippen molar-refractivity contribution in [1.29, 1.82) is 0 Å². The van der Waals surface area contributed by atoms with Crippen LogP contribution in [0.5, 0.6) is 17.2 Å². The standard InChI is InChI=1S/C39H36NO3P2/c1-41-34-25-13-16-28-37(34)45(38-29-17-14-26-35(38)42-2,39-30-18-15-27-36(39)43-3)40-44(31-19-7-4-8-20-31,32-21-9-5-10-22-32)33-23-11-6-12-24-33/h4-30H,1-3H3/q+1. The lowest BCUT2D eigenvalue weighted by Crippen LogP contribution is -2.33. The summed E-state index contributed by atoms with van der Waals surface area (Å²) < 4.78 is 25.0. The van der Waals surface area contributed by atoms with E-state index in [1.54, 1.807) is 21.3 Å². The second-order valence-electron chi connectivity index (χ2n) is 10.4. The van der Waals surface area contributed by atoms with E-state index in [4.69, 9.17) is 18.4 Å². The van der Waals surface area contributed by atoms with E-state index in [2.05, 4.69) is 127 Å². The first-order chi connectivity index (χ1) is 22.2. The Kier molecular flexibility index (Phi) is 9.11. The molecule has 0 spiro atoms. The summed E-state index contributed by atoms with van der Waals surface area (Å²) in [6, 6.07) is 57.0. The largest absolute Gasteiger partial charge is 0.496 e. The first-order valence-electron chi connectivity index (χ1n) is 14.8. The average Bonchev–Trinajstić information content (AvgIpc) is 3.13. The second-order valence-corrected chi connectivity index (χ2v) is 16.6. The zero-order valence-electron chi connectivity index (χ0n) is 25.7. The van der Waals surface area contributed by atoms with Crippen LogP contribution in [0.3, 0.4) is 0 Å². The molecule has 0 aliphatic carbocycles. The monoisotopic (exact) mass is 628 g/mol. The molecule has 6 aromatic rings. The molecule has 0 aliphatic rings. The molecule has 0 radical (unpaired) electrons. The Morgan fingerprint density at radius 2 is 0.600 bits per heavy atom. The van der Waals surface area contributed by atoms with Gasteiger partial charge in [0.15, 0.2) is 0 Å². The predicted molar refractivity (Wildman–Crippen MR) is 192 cm³/mol. The van der Waals surface area contributed by atoms with E-state index >= 15 is 0 Å². The molecule has 0 aliphatic heterocycles. The topological polar surface area (TPSA) is 41.8 Å². The molecule has 6 heteroatoms. The SMILES string of the molecule is COc1ccccc1P(=[N+]=P(c1ccccc1)(c1ccccc1)c1ccccc1)(c1ccccc1OC)c1ccccc1OC. The average molecular weight is 629 g/mol. The summed E-state index contributed by atoms with van der Waals surface area (Å²) in [6.45, 7) is 0. The van der Waals surface area contributed by atoms with Crippen molar-refractivity contribution in [2.24, 2.45) is 0 Å². The number of ether oxygens (including phenoxy) is 3. The van der Waals surface area contributed by atoms with Crippen LogP contribution in [-0.2, 0) is 0 Å². The van der Waals surface area contributed by atoms with Crippen molar-refractivity contribution in [3.63, 3.8) is 0 Å². The maximum Gasteiger partial charge on any atom is 0.312 e. The number of para-hydroxylation sites is 3. The number of hydrogen-bond acceptors (Lipinski definition) is 3. The normalized spacial score (nSPS) is 11.4. The van der Waals surface area contributed by atoms with E-state index in [9.17, 15) is 0 Å². The number of rotatable bonds is 9. The molecule has 0 N–H and O–H groups in total. The molecular formula is C39H36NO3P2+. The predicted octanol–water partition coefficient (Wildman–Crippen LogP) is 6.43. The van der Waals surface area contributed by atoms with Gasteiger partial charge >= 0.3 is 14.1 Å². The van der Waals surface area contributed by atoms with E-state index in [0.29, 0.717) is 0 Å². The molecule has 0 atom stereocenters. The van der Waals surface area contributed by atoms with Crippen LogP contribution in [0, 0.1) is 0 Å². The Morgan fingerprint density at radius 3 is 0.889 bits per heavy atom. The number of methoxy groups -OCH3 is 3. The van der Waals surface area contributed by atoms with Crippen LogP contribution in [0.2, 0.25) is 0 Å². The lowest BCUT2D eigenvalue weighted by molar-refractivity contribution is 0.416. The molecule has 45 heavy (non-hydrogen) atoms. The van der Waals surface area contributed by atoms with Crippen molar-refractivity contribution in [2.45, 2.75) is 0 Å². The fraction of sp³-hybridized carbons (Fsp3) is 0.0769. The zero-order valence-corrected chi connectivity index (χ0v) is 27.4. The van der Waals surface area contributed by atoms with Gasteiger partial charge in [0.05, 0.1) is 53.2 Å². The molecule has 6 rings (SSSR count). The summed E-state index contributed by atoms with van der Waals surface area (Å²) in [5.74, 6) is 2.29. The number of hydrogen-bond donors (Lipinski definition) is 0. The van der Waals surface area contributed by atoms with Crippen LogP contribution >= 0.6 is 14.1 Å². The highest BCUT2D eigenvalue weighted by Crippen LogP contribution is 2.54. The van der Waals surface area contributed by atoms with Crippen LogP contribution < -0.4 is 50.2 Å². The molecule has 4 nitrogen and oxygen atoms in total. The van der Waals surface area contributed by atoms with Gasteiger partial charge in [0.2, 0.25) is 0 Å². The Bertz CT molecular complexity index is 1800. The van der Waals surface area contributed by atoms with Crippen LogP contribution in [0.1, 0.15) is 0 Å². The third-order valence-corrected chi connectivity index (χ3v) is 16.4. The summed E-state index contributed by atoms with van der Waals surface area (Å²) >= 11 is 0. The fourth-order valence-corrected chi connectivity index (χ4v) is 15.8. The Labute approximate surface area is 266 Å². The molecule has 0 aromatic heterocycles. The van der Waals surface area contributed by atoms with Gasteiger partial charge < -0.3 is 14.2 Å². The Balaban J connectivity index is 2.10. The van der Waals surface area contributed by atoms with Gasteiger partial charge in [-0.15, -0.1) is 4.17 Å². The smallest absolute Gasteiger partial charge is 0.312 e. The van der Waals surface area contributed by atoms with Crippen LogP contribution in [0.4, 0.5) is 0 Å². The van der Waals surface area contributed by atoms with Crippen LogP contribution in [0.25, 0.3) is 0 Å². The maximum atomic E-state index is 6.47. The molecule has 0 saturated heterocycles. The van der Waals surface area contributed by atoms with Crippen LogP contribution in [0.15, 0.2) is 164 Å². The fourth-order valence-electron chi connectivity index (χ4n) is 5.96. The van der Waals surface area contributed by atoms with Gasteiger partial charge in [0.1, 0.15) is 17.2 Å².